The molecule has 1 amide bonds. The highest BCUT2D eigenvalue weighted by Crippen LogP contribution is 2.41. The van der Waals surface area contributed by atoms with Gasteiger partial charge in [0.15, 0.2) is 0 Å². The minimum atomic E-state index is -0.336. The number of hydrogen-bond acceptors (Lipinski definition) is 2. The molecule has 0 spiro atoms. The van der Waals surface area contributed by atoms with Crippen molar-refractivity contribution in [1.82, 2.24) is 5.32 Å². The number of halogens is 1. The summed E-state index contributed by atoms with van der Waals surface area (Å²) >= 11 is 0. The molecule has 2 aromatic carbocycles. The van der Waals surface area contributed by atoms with Gasteiger partial charge in [0.1, 0.15) is 11.6 Å². The predicted molar refractivity (Wildman–Crippen MR) is 91.9 cm³/mol. The van der Waals surface area contributed by atoms with Gasteiger partial charge in [-0.15, -0.1) is 0 Å². The van der Waals surface area contributed by atoms with Crippen LogP contribution in [-0.2, 0) is 5.41 Å². The van der Waals surface area contributed by atoms with E-state index in [1.807, 2.05) is 12.1 Å². The SMILES string of the molecule is COc1ccc(C2(CNC(=O)c3ccc(F)cc3)CCCC2)cc1. The van der Waals surface area contributed by atoms with E-state index in [1.54, 1.807) is 7.11 Å². The van der Waals surface area contributed by atoms with Crippen LogP contribution in [0.1, 0.15) is 41.6 Å². The smallest absolute Gasteiger partial charge is 0.251 e. The average Bonchev–Trinajstić information content (AvgIpc) is 3.10. The molecule has 0 atom stereocenters. The van der Waals surface area contributed by atoms with E-state index in [9.17, 15) is 9.18 Å². The van der Waals surface area contributed by atoms with Crippen molar-refractivity contribution >= 4 is 5.91 Å². The molecule has 2 aromatic rings. The summed E-state index contributed by atoms with van der Waals surface area (Å²) in [5.41, 5.74) is 1.70. The second-order valence-electron chi connectivity index (χ2n) is 6.41. The Bertz CT molecular complexity index is 689. The van der Waals surface area contributed by atoms with Gasteiger partial charge in [0.05, 0.1) is 7.11 Å². The molecule has 0 unspecified atom stereocenters. The molecule has 0 heterocycles. The molecule has 1 aliphatic carbocycles. The van der Waals surface area contributed by atoms with Gasteiger partial charge in [0.2, 0.25) is 0 Å². The van der Waals surface area contributed by atoms with Crippen LogP contribution in [0, 0.1) is 5.82 Å². The molecule has 126 valence electrons. The second-order valence-corrected chi connectivity index (χ2v) is 6.41. The molecule has 0 aliphatic heterocycles. The van der Waals surface area contributed by atoms with E-state index in [0.717, 1.165) is 18.6 Å². The highest BCUT2D eigenvalue weighted by molar-refractivity contribution is 5.94. The number of rotatable bonds is 5. The Hall–Kier alpha value is -2.36. The van der Waals surface area contributed by atoms with E-state index in [4.69, 9.17) is 4.74 Å². The van der Waals surface area contributed by atoms with Crippen LogP contribution in [0.3, 0.4) is 0 Å². The Balaban J connectivity index is 1.73. The number of ether oxygens (including phenoxy) is 1. The summed E-state index contributed by atoms with van der Waals surface area (Å²) in [5, 5.41) is 3.04. The zero-order valence-corrected chi connectivity index (χ0v) is 13.8. The summed E-state index contributed by atoms with van der Waals surface area (Å²) < 4.78 is 18.2. The summed E-state index contributed by atoms with van der Waals surface area (Å²) in [6, 6.07) is 13.8. The van der Waals surface area contributed by atoms with Crippen molar-refractivity contribution in [3.05, 3.63) is 65.5 Å². The van der Waals surface area contributed by atoms with Crippen molar-refractivity contribution in [2.45, 2.75) is 31.1 Å². The molecule has 1 aliphatic rings. The van der Waals surface area contributed by atoms with Crippen LogP contribution in [-0.4, -0.2) is 19.6 Å². The van der Waals surface area contributed by atoms with Gasteiger partial charge in [-0.05, 0) is 54.8 Å². The average molecular weight is 327 g/mol. The van der Waals surface area contributed by atoms with Gasteiger partial charge in [0, 0.05) is 17.5 Å². The topological polar surface area (TPSA) is 38.3 Å². The van der Waals surface area contributed by atoms with E-state index in [2.05, 4.69) is 17.4 Å². The molecule has 0 bridgehead atoms. The van der Waals surface area contributed by atoms with Crippen LogP contribution in [0.5, 0.6) is 5.75 Å². The van der Waals surface area contributed by atoms with Crippen LogP contribution < -0.4 is 10.1 Å². The van der Waals surface area contributed by atoms with Crippen molar-refractivity contribution in [3.63, 3.8) is 0 Å². The predicted octanol–water partition coefficient (Wildman–Crippen LogP) is 4.08. The maximum atomic E-state index is 13.0. The molecule has 3 nitrogen and oxygen atoms in total. The van der Waals surface area contributed by atoms with Crippen LogP contribution in [0.4, 0.5) is 4.39 Å². The number of nitrogens with one attached hydrogen (secondary N) is 1. The fraction of sp³-hybridized carbons (Fsp3) is 0.350. The third-order valence-electron chi connectivity index (χ3n) is 4.96. The van der Waals surface area contributed by atoms with Crippen molar-refractivity contribution in [2.24, 2.45) is 0 Å². The molecule has 3 rings (SSSR count). The van der Waals surface area contributed by atoms with E-state index < -0.39 is 0 Å². The first kappa shape index (κ1) is 16.5. The van der Waals surface area contributed by atoms with Crippen LogP contribution in [0.2, 0.25) is 0 Å². The molecule has 1 N–H and O–H groups in total. The fourth-order valence-electron chi connectivity index (χ4n) is 3.52. The van der Waals surface area contributed by atoms with Crippen molar-refractivity contribution in [3.8, 4) is 5.75 Å². The van der Waals surface area contributed by atoms with Gasteiger partial charge in [-0.3, -0.25) is 4.79 Å². The lowest BCUT2D eigenvalue weighted by Crippen LogP contribution is -2.39. The standard InChI is InChI=1S/C20H22FNO2/c1-24-18-10-6-16(7-11-18)20(12-2-3-13-20)14-22-19(23)15-4-8-17(21)9-5-15/h4-11H,2-3,12-14H2,1H3,(H,22,23). The number of benzene rings is 2. The molecule has 0 radical (unpaired) electrons. The summed E-state index contributed by atoms with van der Waals surface area (Å²) in [6.45, 7) is 0.593. The van der Waals surface area contributed by atoms with Gasteiger partial charge in [-0.1, -0.05) is 25.0 Å². The largest absolute Gasteiger partial charge is 0.497 e. The first-order chi connectivity index (χ1) is 11.6. The van der Waals surface area contributed by atoms with Gasteiger partial charge in [-0.25, -0.2) is 4.39 Å². The van der Waals surface area contributed by atoms with Gasteiger partial charge < -0.3 is 10.1 Å². The lowest BCUT2D eigenvalue weighted by Gasteiger charge is -2.30. The third kappa shape index (κ3) is 3.42. The van der Waals surface area contributed by atoms with Gasteiger partial charge in [0.25, 0.3) is 5.91 Å². The van der Waals surface area contributed by atoms with Gasteiger partial charge in [-0.2, -0.15) is 0 Å². The highest BCUT2D eigenvalue weighted by Gasteiger charge is 2.35. The van der Waals surface area contributed by atoms with Crippen molar-refractivity contribution in [1.29, 1.82) is 0 Å². The van der Waals surface area contributed by atoms with Crippen LogP contribution >= 0.6 is 0 Å². The molecule has 24 heavy (non-hydrogen) atoms. The first-order valence-corrected chi connectivity index (χ1v) is 8.31. The minimum absolute atomic E-state index is 0.0258. The zero-order valence-electron chi connectivity index (χ0n) is 13.8. The number of carbonyl (C=O) groups excluding carboxylic acids is 1. The summed E-state index contributed by atoms with van der Waals surface area (Å²) in [5.74, 6) is 0.342. The molecule has 1 saturated carbocycles. The first-order valence-electron chi connectivity index (χ1n) is 8.31. The van der Waals surface area contributed by atoms with Gasteiger partial charge >= 0.3 is 0 Å². The normalized spacial score (nSPS) is 15.9. The maximum absolute atomic E-state index is 13.0. The monoisotopic (exact) mass is 327 g/mol. The Kier molecular flexibility index (Phi) is 4.84. The highest BCUT2D eigenvalue weighted by atomic mass is 19.1. The van der Waals surface area contributed by atoms with Crippen LogP contribution in [0.15, 0.2) is 48.5 Å². The molecule has 4 heteroatoms. The number of carbonyl (C=O) groups is 1. The molecule has 1 fully saturated rings. The van der Waals surface area contributed by atoms with Crippen molar-refractivity contribution in [2.75, 3.05) is 13.7 Å². The lowest BCUT2D eigenvalue weighted by atomic mass is 9.78. The molecular weight excluding hydrogens is 305 g/mol. The van der Waals surface area contributed by atoms with E-state index in [1.165, 1.54) is 42.7 Å². The molecule has 0 saturated heterocycles. The van der Waals surface area contributed by atoms with Crippen molar-refractivity contribution < 1.29 is 13.9 Å². The number of amides is 1. The second kappa shape index (κ2) is 7.04. The number of methoxy groups -OCH3 is 1. The Morgan fingerprint density at radius 2 is 1.71 bits per heavy atom. The lowest BCUT2D eigenvalue weighted by molar-refractivity contribution is 0.0943. The van der Waals surface area contributed by atoms with Crippen LogP contribution in [0.25, 0.3) is 0 Å². The van der Waals surface area contributed by atoms with E-state index in [-0.39, 0.29) is 17.1 Å². The van der Waals surface area contributed by atoms with E-state index in [0.29, 0.717) is 12.1 Å². The Morgan fingerprint density at radius 3 is 2.29 bits per heavy atom. The maximum Gasteiger partial charge on any atom is 0.251 e. The fourth-order valence-corrected chi connectivity index (χ4v) is 3.52. The third-order valence-corrected chi connectivity index (χ3v) is 4.96. The molecule has 0 aromatic heterocycles. The molecular formula is C20H22FNO2. The summed E-state index contributed by atoms with van der Waals surface area (Å²) in [4.78, 5) is 12.3. The zero-order chi connectivity index (χ0) is 17.0. The number of hydrogen-bond donors (Lipinski definition) is 1. The quantitative estimate of drug-likeness (QED) is 0.899. The summed E-state index contributed by atoms with van der Waals surface area (Å²) in [7, 11) is 1.66. The Labute approximate surface area is 141 Å². The Morgan fingerprint density at radius 1 is 1.08 bits per heavy atom. The minimum Gasteiger partial charge on any atom is -0.497 e. The van der Waals surface area contributed by atoms with E-state index >= 15 is 0 Å². The summed E-state index contributed by atoms with van der Waals surface area (Å²) in [6.07, 6.45) is 4.45.